The van der Waals surface area contributed by atoms with Crippen molar-refractivity contribution in [3.05, 3.63) is 116 Å². The minimum atomic E-state index is -7.22. The van der Waals surface area contributed by atoms with Crippen molar-refractivity contribution < 1.29 is 92.3 Å². The molecule has 0 heterocycles. The van der Waals surface area contributed by atoms with Crippen molar-refractivity contribution in [1.29, 1.82) is 0 Å². The molecule has 0 spiro atoms. The average Bonchev–Trinajstić information content (AvgIpc) is 3.27. The highest BCUT2D eigenvalue weighted by atomic mass is 19.2. The summed E-state index contributed by atoms with van der Waals surface area (Å²) in [6.45, 7) is 11.4. The van der Waals surface area contributed by atoms with E-state index in [4.69, 9.17) is 0 Å². The number of rotatable bonds is 13. The Hall–Kier alpha value is -4.50. The van der Waals surface area contributed by atoms with Crippen molar-refractivity contribution in [2.45, 2.75) is 91.0 Å². The minimum Gasteiger partial charge on any atom is -0.321 e. The highest BCUT2D eigenvalue weighted by Gasteiger charge is 2.52. The lowest BCUT2D eigenvalue weighted by Gasteiger charge is -2.47. The van der Waals surface area contributed by atoms with E-state index < -0.39 is 144 Å². The maximum atomic E-state index is 15.4. The summed E-state index contributed by atoms with van der Waals surface area (Å²) in [7, 11) is 0. The minimum absolute atomic E-state index is 0.997. The summed E-state index contributed by atoms with van der Waals surface area (Å²) in [4.78, 5) is 0. The molecule has 1 aliphatic carbocycles. The molecule has 0 aromatic heterocycles. The molecule has 0 amide bonds. The lowest BCUT2D eigenvalue weighted by atomic mass is 9.12. The molecular formula is C41H36BF20N. The van der Waals surface area contributed by atoms with Gasteiger partial charge in [0.05, 0.1) is 25.7 Å². The quantitative estimate of drug-likeness (QED) is 0.0412. The molecule has 0 saturated heterocycles. The van der Waals surface area contributed by atoms with Crippen LogP contribution in [0.25, 0.3) is 0 Å². The molecule has 22 heteroatoms. The summed E-state index contributed by atoms with van der Waals surface area (Å²) in [6.07, 6.45) is 7.23. The SMILES string of the molecule is CCCC[N+](CCC)(CCCC)C1CCCCC1.Fc1c(F)c(F)c([B-](c2c(F)c(F)c(F)c(F)c2F)(c2c(F)c(F)c(F)c(F)c2F)c2c(F)c(F)c(F)c(F)c2F)c(F)c1F. The van der Waals surface area contributed by atoms with E-state index >= 15 is 35.1 Å². The van der Waals surface area contributed by atoms with Crippen molar-refractivity contribution in [1.82, 2.24) is 0 Å². The summed E-state index contributed by atoms with van der Waals surface area (Å²) in [5.74, 6) is -71.4. The van der Waals surface area contributed by atoms with Gasteiger partial charge in [0.2, 0.25) is 0 Å². The van der Waals surface area contributed by atoms with Crippen molar-refractivity contribution in [2.24, 2.45) is 0 Å². The van der Waals surface area contributed by atoms with Crippen molar-refractivity contribution in [3.8, 4) is 0 Å². The molecule has 5 rings (SSSR count). The van der Waals surface area contributed by atoms with Gasteiger partial charge >= 0.3 is 0 Å². The van der Waals surface area contributed by atoms with E-state index in [1.807, 2.05) is 0 Å². The zero-order valence-electron chi connectivity index (χ0n) is 33.4. The Morgan fingerprint density at radius 1 is 0.317 bits per heavy atom. The molecule has 1 saturated carbocycles. The van der Waals surface area contributed by atoms with Crippen LogP contribution in [-0.4, -0.2) is 36.3 Å². The van der Waals surface area contributed by atoms with Gasteiger partial charge in [-0.25, -0.2) is 87.8 Å². The van der Waals surface area contributed by atoms with Crippen LogP contribution in [0.5, 0.6) is 0 Å². The molecule has 1 fully saturated rings. The number of benzene rings is 4. The first-order valence-corrected chi connectivity index (χ1v) is 19.6. The molecule has 0 bridgehead atoms. The van der Waals surface area contributed by atoms with E-state index in [1.165, 1.54) is 88.3 Å². The van der Waals surface area contributed by atoms with Crippen molar-refractivity contribution in [3.63, 3.8) is 0 Å². The van der Waals surface area contributed by atoms with Crippen LogP contribution >= 0.6 is 0 Å². The molecule has 348 valence electrons. The molecule has 0 unspecified atom stereocenters. The van der Waals surface area contributed by atoms with Gasteiger partial charge in [-0.1, -0.05) is 40.0 Å². The van der Waals surface area contributed by atoms with Crippen LogP contribution in [0.1, 0.15) is 85.0 Å². The van der Waals surface area contributed by atoms with E-state index in [-0.39, 0.29) is 0 Å². The summed E-state index contributed by atoms with van der Waals surface area (Å²) < 4.78 is 295. The van der Waals surface area contributed by atoms with E-state index in [9.17, 15) is 52.7 Å². The smallest absolute Gasteiger partial charge is 0.200 e. The third kappa shape index (κ3) is 8.60. The van der Waals surface area contributed by atoms with Gasteiger partial charge in [-0.15, -0.1) is 21.9 Å². The lowest BCUT2D eigenvalue weighted by molar-refractivity contribution is -0.953. The van der Waals surface area contributed by atoms with Crippen LogP contribution in [0.15, 0.2) is 0 Å². The topological polar surface area (TPSA) is 0 Å². The Bertz CT molecular complexity index is 1960. The van der Waals surface area contributed by atoms with Gasteiger partial charge in [0.25, 0.3) is 0 Å². The Kier molecular flexibility index (Phi) is 16.3. The highest BCUT2D eigenvalue weighted by molar-refractivity contribution is 7.20. The van der Waals surface area contributed by atoms with E-state index in [1.54, 1.807) is 0 Å². The van der Waals surface area contributed by atoms with E-state index in [2.05, 4.69) is 20.8 Å². The first-order valence-electron chi connectivity index (χ1n) is 19.6. The second-order valence-corrected chi connectivity index (χ2v) is 15.2. The Balaban J connectivity index is 0.000000405. The lowest BCUT2D eigenvalue weighted by Crippen LogP contribution is -2.81. The van der Waals surface area contributed by atoms with Gasteiger partial charge in [0.1, 0.15) is 52.7 Å². The summed E-state index contributed by atoms with van der Waals surface area (Å²) >= 11 is 0. The van der Waals surface area contributed by atoms with Crippen molar-refractivity contribution >= 4 is 28.0 Å². The Morgan fingerprint density at radius 3 is 0.746 bits per heavy atom. The molecule has 0 radical (unpaired) electrons. The first-order chi connectivity index (χ1) is 29.5. The van der Waals surface area contributed by atoms with Gasteiger partial charge in [-0.05, 0) is 44.9 Å². The Morgan fingerprint density at radius 2 is 0.540 bits per heavy atom. The summed E-state index contributed by atoms with van der Waals surface area (Å²) in [5, 5.41) is 0. The number of hydrogen-bond acceptors (Lipinski definition) is 0. The van der Waals surface area contributed by atoms with Gasteiger partial charge < -0.3 is 4.48 Å². The summed E-state index contributed by atoms with van der Waals surface area (Å²) in [5.41, 5.74) is -14.3. The molecule has 63 heavy (non-hydrogen) atoms. The molecule has 0 atom stereocenters. The maximum Gasteiger partial charge on any atom is 0.200 e. The standard InChI is InChI=1S/C24BF20.C17H36N/c26-5-1(6(27)14(35)21(42)13(5)34)25(2-7(28)15(36)22(43)16(37)8(2)29,3-9(30)17(38)23(44)18(39)10(3)31)4-11(32)19(40)24(45)20(41)12(4)33;1-4-7-15-18(14-6-3,16-8-5-2)17-12-10-9-11-13-17/h;17H,4-16H2,1-3H3/q-1;+1. The van der Waals surface area contributed by atoms with Crippen LogP contribution in [-0.2, 0) is 0 Å². The van der Waals surface area contributed by atoms with E-state index in [0.717, 1.165) is 6.04 Å². The van der Waals surface area contributed by atoms with Crippen LogP contribution < -0.4 is 21.9 Å². The fourth-order valence-corrected chi connectivity index (χ4v) is 8.78. The monoisotopic (exact) mass is 933 g/mol. The van der Waals surface area contributed by atoms with Crippen LogP contribution in [0.4, 0.5) is 87.8 Å². The van der Waals surface area contributed by atoms with Gasteiger partial charge in [-0.3, -0.25) is 0 Å². The third-order valence-corrected chi connectivity index (χ3v) is 11.6. The molecular weight excluding hydrogens is 897 g/mol. The number of quaternary nitrogens is 1. The number of unbranched alkanes of at least 4 members (excludes halogenated alkanes) is 2. The molecule has 4 aromatic rings. The highest BCUT2D eigenvalue weighted by Crippen LogP contribution is 2.32. The third-order valence-electron chi connectivity index (χ3n) is 11.6. The zero-order valence-corrected chi connectivity index (χ0v) is 33.4. The van der Waals surface area contributed by atoms with Crippen LogP contribution in [0.2, 0.25) is 0 Å². The Labute approximate surface area is 347 Å². The maximum absolute atomic E-state index is 15.4. The number of halogens is 20. The van der Waals surface area contributed by atoms with Gasteiger partial charge in [0, 0.05) is 0 Å². The van der Waals surface area contributed by atoms with Gasteiger partial charge in [-0.2, -0.15) is 0 Å². The second-order valence-electron chi connectivity index (χ2n) is 15.2. The normalized spacial score (nSPS) is 13.8. The molecule has 1 nitrogen and oxygen atoms in total. The second kappa shape index (κ2) is 20.1. The number of nitrogens with zero attached hydrogens (tertiary/aromatic N) is 1. The molecule has 0 aliphatic heterocycles. The fourth-order valence-electron chi connectivity index (χ4n) is 8.78. The average molecular weight is 934 g/mol. The van der Waals surface area contributed by atoms with Crippen LogP contribution in [0.3, 0.4) is 0 Å². The predicted octanol–water partition coefficient (Wildman–Crippen LogP) is 11.0. The number of hydrogen-bond donors (Lipinski definition) is 0. The van der Waals surface area contributed by atoms with Crippen LogP contribution in [0, 0.1) is 116 Å². The first kappa shape index (κ1) is 51.1. The molecule has 1 aliphatic rings. The van der Waals surface area contributed by atoms with E-state index in [0.29, 0.717) is 0 Å². The van der Waals surface area contributed by atoms with Gasteiger partial charge in [0.15, 0.2) is 69.8 Å². The fraction of sp³-hybridized carbons (Fsp3) is 0.415. The zero-order chi connectivity index (χ0) is 47.6. The van der Waals surface area contributed by atoms with Crippen molar-refractivity contribution in [2.75, 3.05) is 19.6 Å². The summed E-state index contributed by atoms with van der Waals surface area (Å²) in [6, 6.07) is 0.997. The molecule has 4 aromatic carbocycles. The molecule has 0 N–H and O–H groups in total. The largest absolute Gasteiger partial charge is 0.321 e. The predicted molar refractivity (Wildman–Crippen MR) is 191 cm³/mol.